The molecular weight excluding hydrogens is 234 g/mol. The number of hydrogen-bond acceptors (Lipinski definition) is 2. The van der Waals surface area contributed by atoms with Gasteiger partial charge in [-0.25, -0.2) is 0 Å². The van der Waals surface area contributed by atoms with E-state index in [-0.39, 0.29) is 0 Å². The molecule has 3 saturated carbocycles. The lowest BCUT2D eigenvalue weighted by Gasteiger charge is -2.07. The van der Waals surface area contributed by atoms with Crippen LogP contribution in [0.15, 0.2) is 18.3 Å². The summed E-state index contributed by atoms with van der Waals surface area (Å²) in [6, 6.07) is 4.14. The second-order valence-corrected chi connectivity index (χ2v) is 6.67. The first kappa shape index (κ1) is 11.6. The van der Waals surface area contributed by atoms with Gasteiger partial charge in [0.1, 0.15) is 5.78 Å². The van der Waals surface area contributed by atoms with Gasteiger partial charge in [-0.15, -0.1) is 0 Å². The Bertz CT molecular complexity index is 490. The smallest absolute Gasteiger partial charge is 0.142 e. The molecule has 0 spiro atoms. The molecule has 1 heterocycles. The molecule has 0 aromatic carbocycles. The van der Waals surface area contributed by atoms with Crippen molar-refractivity contribution in [2.24, 2.45) is 29.6 Å². The van der Waals surface area contributed by atoms with E-state index in [9.17, 15) is 4.79 Å². The van der Waals surface area contributed by atoms with Crippen LogP contribution in [0.3, 0.4) is 0 Å². The molecule has 4 atom stereocenters. The maximum Gasteiger partial charge on any atom is 0.142 e. The van der Waals surface area contributed by atoms with E-state index in [1.165, 1.54) is 24.8 Å². The number of rotatable bonds is 4. The van der Waals surface area contributed by atoms with Gasteiger partial charge in [0, 0.05) is 24.2 Å². The van der Waals surface area contributed by atoms with Crippen molar-refractivity contribution in [1.82, 2.24) is 4.98 Å². The zero-order valence-corrected chi connectivity index (χ0v) is 11.5. The summed E-state index contributed by atoms with van der Waals surface area (Å²) in [6.45, 7) is 2.13. The molecule has 1 aromatic heterocycles. The van der Waals surface area contributed by atoms with Crippen LogP contribution in [0.4, 0.5) is 0 Å². The van der Waals surface area contributed by atoms with E-state index in [0.717, 1.165) is 35.8 Å². The maximum atomic E-state index is 12.4. The standard InChI is InChI=1S/C17H21NO/c1-2-10-3-6-13(18-9-10)8-14(19)17-15-11-4-5-12(7-11)16(15)17/h3,6,9,11-12,15-17H,2,4-5,7-8H2,1H3. The normalized spacial score (nSPS) is 38.3. The minimum Gasteiger partial charge on any atom is -0.299 e. The zero-order valence-electron chi connectivity index (χ0n) is 11.5. The highest BCUT2D eigenvalue weighted by atomic mass is 16.1. The fraction of sp³-hybridized carbons (Fsp3) is 0.647. The van der Waals surface area contributed by atoms with Crippen molar-refractivity contribution < 1.29 is 4.79 Å². The Balaban J connectivity index is 1.42. The number of carbonyl (C=O) groups excluding carboxylic acids is 1. The first-order valence-corrected chi connectivity index (χ1v) is 7.74. The molecule has 2 nitrogen and oxygen atoms in total. The Labute approximate surface area is 114 Å². The fourth-order valence-electron chi connectivity index (χ4n) is 4.82. The molecule has 0 N–H and O–H groups in total. The number of hydrogen-bond donors (Lipinski definition) is 0. The lowest BCUT2D eigenvalue weighted by molar-refractivity contribution is -0.120. The Morgan fingerprint density at radius 2 is 2.00 bits per heavy atom. The number of carbonyl (C=O) groups is 1. The second-order valence-electron chi connectivity index (χ2n) is 6.67. The number of pyridine rings is 1. The highest BCUT2D eigenvalue weighted by Crippen LogP contribution is 2.69. The van der Waals surface area contributed by atoms with Crippen molar-refractivity contribution in [3.8, 4) is 0 Å². The monoisotopic (exact) mass is 255 g/mol. The lowest BCUT2D eigenvalue weighted by atomic mass is 9.97. The Kier molecular flexibility index (Phi) is 2.54. The molecule has 1 aromatic rings. The Morgan fingerprint density at radius 1 is 1.26 bits per heavy atom. The van der Waals surface area contributed by atoms with Gasteiger partial charge in [-0.3, -0.25) is 9.78 Å². The van der Waals surface area contributed by atoms with E-state index in [2.05, 4.69) is 18.0 Å². The van der Waals surface area contributed by atoms with Crippen molar-refractivity contribution >= 4 is 5.78 Å². The van der Waals surface area contributed by atoms with Crippen LogP contribution in [-0.2, 0) is 17.6 Å². The molecule has 3 aliphatic rings. The van der Waals surface area contributed by atoms with Crippen LogP contribution in [0.25, 0.3) is 0 Å². The molecule has 100 valence electrons. The number of nitrogens with zero attached hydrogens (tertiary/aromatic N) is 1. The molecule has 4 rings (SSSR count). The van der Waals surface area contributed by atoms with Crippen LogP contribution in [0.1, 0.15) is 37.4 Å². The number of aryl methyl sites for hydroxylation is 1. The number of Topliss-reactive ketones (excluding diaryl/α,β-unsaturated/α-hetero) is 1. The van der Waals surface area contributed by atoms with E-state index in [1.807, 2.05) is 12.3 Å². The van der Waals surface area contributed by atoms with Crippen LogP contribution >= 0.6 is 0 Å². The van der Waals surface area contributed by atoms with Crippen molar-refractivity contribution in [3.63, 3.8) is 0 Å². The van der Waals surface area contributed by atoms with Crippen LogP contribution in [0.5, 0.6) is 0 Å². The Hall–Kier alpha value is -1.18. The van der Waals surface area contributed by atoms with Crippen molar-refractivity contribution in [2.75, 3.05) is 0 Å². The summed E-state index contributed by atoms with van der Waals surface area (Å²) in [7, 11) is 0. The SMILES string of the molecule is CCc1ccc(CC(=O)C2C3C4CCC(C4)C23)nc1. The number of fused-ring (bicyclic) bond motifs is 5. The maximum absolute atomic E-state index is 12.4. The van der Waals surface area contributed by atoms with Gasteiger partial charge in [-0.05, 0) is 61.0 Å². The van der Waals surface area contributed by atoms with Crippen LogP contribution in [0.2, 0.25) is 0 Å². The van der Waals surface area contributed by atoms with E-state index in [1.54, 1.807) is 0 Å². The van der Waals surface area contributed by atoms with Gasteiger partial charge in [0.2, 0.25) is 0 Å². The minimum atomic E-state index is 0.402. The van der Waals surface area contributed by atoms with Crippen molar-refractivity contribution in [3.05, 3.63) is 29.6 Å². The fourth-order valence-corrected chi connectivity index (χ4v) is 4.82. The third kappa shape index (κ3) is 1.76. The van der Waals surface area contributed by atoms with E-state index in [4.69, 9.17) is 0 Å². The predicted molar refractivity (Wildman–Crippen MR) is 73.6 cm³/mol. The molecule has 0 saturated heterocycles. The van der Waals surface area contributed by atoms with Gasteiger partial charge < -0.3 is 0 Å². The zero-order chi connectivity index (χ0) is 13.0. The molecule has 4 unspecified atom stereocenters. The third-order valence-electron chi connectivity index (χ3n) is 5.76. The second kappa shape index (κ2) is 4.16. The summed E-state index contributed by atoms with van der Waals surface area (Å²) in [6.07, 6.45) is 7.68. The predicted octanol–water partition coefficient (Wildman–Crippen LogP) is 3.05. The molecule has 3 fully saturated rings. The molecule has 0 amide bonds. The third-order valence-corrected chi connectivity index (χ3v) is 5.76. The quantitative estimate of drug-likeness (QED) is 0.827. The first-order valence-electron chi connectivity index (χ1n) is 7.74. The van der Waals surface area contributed by atoms with Crippen LogP contribution < -0.4 is 0 Å². The van der Waals surface area contributed by atoms with Gasteiger partial charge in [0.25, 0.3) is 0 Å². The molecule has 0 aliphatic heterocycles. The lowest BCUT2D eigenvalue weighted by Crippen LogP contribution is -2.13. The summed E-state index contributed by atoms with van der Waals surface area (Å²) in [4.78, 5) is 16.8. The minimum absolute atomic E-state index is 0.402. The first-order chi connectivity index (χ1) is 9.28. The topological polar surface area (TPSA) is 30.0 Å². The molecular formula is C17H21NO. The summed E-state index contributed by atoms with van der Waals surface area (Å²) >= 11 is 0. The van der Waals surface area contributed by atoms with Crippen molar-refractivity contribution in [1.29, 1.82) is 0 Å². The van der Waals surface area contributed by atoms with Gasteiger partial charge >= 0.3 is 0 Å². The van der Waals surface area contributed by atoms with Crippen LogP contribution in [-0.4, -0.2) is 10.8 Å². The van der Waals surface area contributed by atoms with Gasteiger partial charge in [-0.2, -0.15) is 0 Å². The largest absolute Gasteiger partial charge is 0.299 e. The molecule has 3 aliphatic carbocycles. The highest BCUT2D eigenvalue weighted by molar-refractivity contribution is 5.86. The number of ketones is 1. The highest BCUT2D eigenvalue weighted by Gasteiger charge is 2.66. The van der Waals surface area contributed by atoms with Crippen molar-refractivity contribution in [2.45, 2.75) is 39.0 Å². The molecule has 0 radical (unpaired) electrons. The van der Waals surface area contributed by atoms with Gasteiger partial charge in [0.15, 0.2) is 0 Å². The average molecular weight is 255 g/mol. The Morgan fingerprint density at radius 3 is 2.58 bits per heavy atom. The molecule has 19 heavy (non-hydrogen) atoms. The van der Waals surface area contributed by atoms with E-state index < -0.39 is 0 Å². The summed E-state index contributed by atoms with van der Waals surface area (Å²) in [5.41, 5.74) is 2.21. The van der Waals surface area contributed by atoms with E-state index in [0.29, 0.717) is 18.1 Å². The molecule has 2 heteroatoms. The summed E-state index contributed by atoms with van der Waals surface area (Å²) < 4.78 is 0. The van der Waals surface area contributed by atoms with Crippen LogP contribution in [0, 0.1) is 29.6 Å². The summed E-state index contributed by atoms with van der Waals surface area (Å²) in [5, 5.41) is 0. The van der Waals surface area contributed by atoms with E-state index >= 15 is 0 Å². The van der Waals surface area contributed by atoms with Gasteiger partial charge in [-0.1, -0.05) is 13.0 Å². The molecule has 2 bridgehead atoms. The van der Waals surface area contributed by atoms with Gasteiger partial charge in [0.05, 0.1) is 0 Å². The average Bonchev–Trinajstić information content (AvgIpc) is 2.89. The summed E-state index contributed by atoms with van der Waals surface area (Å²) in [5.74, 6) is 4.17. The number of aromatic nitrogens is 1.